The van der Waals surface area contributed by atoms with E-state index in [1.54, 1.807) is 0 Å². The summed E-state index contributed by atoms with van der Waals surface area (Å²) in [6, 6.07) is 0. The van der Waals surface area contributed by atoms with Crippen molar-refractivity contribution in [3.05, 3.63) is 0 Å². The van der Waals surface area contributed by atoms with E-state index in [2.05, 4.69) is 30.0 Å². The van der Waals surface area contributed by atoms with Gasteiger partial charge in [0.05, 0.1) is 0 Å². The Morgan fingerprint density at radius 1 is 1.33 bits per heavy atom. The monoisotopic (exact) mass is 206 g/mol. The van der Waals surface area contributed by atoms with Crippen molar-refractivity contribution in [2.24, 2.45) is 5.41 Å². The lowest BCUT2D eigenvalue weighted by atomic mass is 9.71. The Kier molecular flexibility index (Phi) is 3.12. The fourth-order valence-electron chi connectivity index (χ4n) is 2.00. The van der Waals surface area contributed by atoms with Crippen molar-refractivity contribution in [2.75, 3.05) is 0 Å². The van der Waals surface area contributed by atoms with E-state index in [0.29, 0.717) is 10.8 Å². The Hall–Kier alpha value is 0.720. The molecule has 0 N–H and O–H groups in total. The van der Waals surface area contributed by atoms with Crippen molar-refractivity contribution in [3.63, 3.8) is 0 Å². The van der Waals surface area contributed by atoms with Crippen LogP contribution in [0.3, 0.4) is 0 Å². The molecule has 1 aliphatic carbocycles. The Morgan fingerprint density at radius 3 is 2.25 bits per heavy atom. The van der Waals surface area contributed by atoms with Gasteiger partial charge in [-0.15, -0.1) is 20.8 Å². The summed E-state index contributed by atoms with van der Waals surface area (Å²) in [6.07, 6.45) is 5.09. The minimum absolute atomic E-state index is 0.257. The zero-order chi connectivity index (χ0) is 9.41. The predicted octanol–water partition coefficient (Wildman–Crippen LogP) is 3.83. The molecule has 3 atom stereocenters. The van der Waals surface area contributed by atoms with Crippen molar-refractivity contribution in [1.82, 2.24) is 0 Å². The summed E-state index contributed by atoms with van der Waals surface area (Å²) in [7, 11) is 3.02. The van der Waals surface area contributed by atoms with Crippen LogP contribution in [0.15, 0.2) is 0 Å². The van der Waals surface area contributed by atoms with E-state index < -0.39 is 0 Å². The van der Waals surface area contributed by atoms with E-state index >= 15 is 0 Å². The molecule has 12 heavy (non-hydrogen) atoms. The third kappa shape index (κ3) is 1.80. The normalized spacial score (nSPS) is 38.2. The fraction of sp³-hybridized carbons (Fsp3) is 1.00. The summed E-state index contributed by atoms with van der Waals surface area (Å²) >= 11 is 6.39. The zero-order valence-electron chi connectivity index (χ0n) is 8.36. The molecule has 0 amide bonds. The Bertz CT molecular complexity index is 162. The van der Waals surface area contributed by atoms with Gasteiger partial charge in [0.1, 0.15) is 0 Å². The minimum atomic E-state index is 0.257. The number of hydrogen-bond acceptors (Lipinski definition) is 0. The highest BCUT2D eigenvalue weighted by atomic mass is 35.5. The van der Waals surface area contributed by atoms with Gasteiger partial charge in [-0.1, -0.05) is 33.6 Å². The second-order valence-corrected chi connectivity index (χ2v) is 6.56. The SMILES string of the molecule is CC(C)(C)C1(P)CCCCC1Cl. The van der Waals surface area contributed by atoms with Gasteiger partial charge in [0.25, 0.3) is 0 Å². The molecule has 0 aromatic rings. The molecule has 1 rings (SSSR count). The summed E-state index contributed by atoms with van der Waals surface area (Å²) in [5, 5.41) is 0.601. The first kappa shape index (κ1) is 10.8. The molecule has 1 aliphatic rings. The first-order valence-electron chi connectivity index (χ1n) is 4.81. The number of alkyl halides is 1. The molecule has 72 valence electrons. The highest BCUT2D eigenvalue weighted by molar-refractivity contribution is 7.19. The van der Waals surface area contributed by atoms with Crippen LogP contribution < -0.4 is 0 Å². The van der Waals surface area contributed by atoms with Crippen LogP contribution in [-0.2, 0) is 0 Å². The molecule has 0 nitrogen and oxygen atoms in total. The van der Waals surface area contributed by atoms with Crippen LogP contribution in [0, 0.1) is 5.41 Å². The van der Waals surface area contributed by atoms with Crippen LogP contribution in [0.4, 0.5) is 0 Å². The molecular weight excluding hydrogens is 187 g/mol. The van der Waals surface area contributed by atoms with Crippen LogP contribution in [0.5, 0.6) is 0 Å². The van der Waals surface area contributed by atoms with Crippen molar-refractivity contribution >= 4 is 20.8 Å². The summed E-state index contributed by atoms with van der Waals surface area (Å²) in [6.45, 7) is 6.88. The van der Waals surface area contributed by atoms with Gasteiger partial charge in [-0.05, 0) is 18.3 Å². The highest BCUT2D eigenvalue weighted by Crippen LogP contribution is 2.50. The van der Waals surface area contributed by atoms with Gasteiger partial charge in [0.2, 0.25) is 0 Å². The Balaban J connectivity index is 2.79. The van der Waals surface area contributed by atoms with E-state index in [9.17, 15) is 0 Å². The van der Waals surface area contributed by atoms with Crippen LogP contribution in [0.25, 0.3) is 0 Å². The molecule has 0 radical (unpaired) electrons. The van der Waals surface area contributed by atoms with E-state index in [4.69, 9.17) is 11.6 Å². The first-order chi connectivity index (χ1) is 5.38. The second kappa shape index (κ2) is 3.46. The highest BCUT2D eigenvalue weighted by Gasteiger charge is 2.44. The van der Waals surface area contributed by atoms with Crippen LogP contribution in [0.2, 0.25) is 0 Å². The fourth-order valence-corrected chi connectivity index (χ4v) is 2.96. The third-order valence-electron chi connectivity index (χ3n) is 3.25. The van der Waals surface area contributed by atoms with E-state index in [0.717, 1.165) is 0 Å². The molecule has 2 heteroatoms. The summed E-state index contributed by atoms with van der Waals surface area (Å²) < 4.78 is 0. The van der Waals surface area contributed by atoms with Crippen molar-refractivity contribution < 1.29 is 0 Å². The standard InChI is InChI=1S/C10H20ClP/c1-9(2,3)10(12)7-5-4-6-8(10)11/h8H,4-7,12H2,1-3H3. The topological polar surface area (TPSA) is 0 Å². The largest absolute Gasteiger partial charge is 0.129 e. The second-order valence-electron chi connectivity index (χ2n) is 5.00. The number of halogens is 1. The molecule has 0 bridgehead atoms. The Labute approximate surface area is 83.7 Å². The van der Waals surface area contributed by atoms with E-state index in [-0.39, 0.29) is 5.16 Å². The molecule has 1 fully saturated rings. The lowest BCUT2D eigenvalue weighted by Gasteiger charge is -2.48. The van der Waals surface area contributed by atoms with Gasteiger partial charge in [0, 0.05) is 10.5 Å². The van der Waals surface area contributed by atoms with Crippen LogP contribution in [-0.4, -0.2) is 10.5 Å². The van der Waals surface area contributed by atoms with Crippen molar-refractivity contribution in [1.29, 1.82) is 0 Å². The average molecular weight is 207 g/mol. The van der Waals surface area contributed by atoms with Crippen molar-refractivity contribution in [2.45, 2.75) is 57.0 Å². The molecule has 0 saturated heterocycles. The van der Waals surface area contributed by atoms with Gasteiger partial charge >= 0.3 is 0 Å². The lowest BCUT2D eigenvalue weighted by Crippen LogP contribution is -2.46. The number of hydrogen-bond donors (Lipinski definition) is 0. The lowest BCUT2D eigenvalue weighted by molar-refractivity contribution is 0.221. The number of rotatable bonds is 0. The molecule has 0 aromatic heterocycles. The third-order valence-corrected chi connectivity index (χ3v) is 5.63. The summed E-state index contributed by atoms with van der Waals surface area (Å²) in [5.74, 6) is 0. The maximum absolute atomic E-state index is 6.39. The minimum Gasteiger partial charge on any atom is -0.129 e. The van der Waals surface area contributed by atoms with Crippen LogP contribution >= 0.6 is 20.8 Å². The Morgan fingerprint density at radius 2 is 1.92 bits per heavy atom. The molecule has 3 unspecified atom stereocenters. The zero-order valence-corrected chi connectivity index (χ0v) is 10.3. The van der Waals surface area contributed by atoms with Gasteiger partial charge in [-0.2, -0.15) is 0 Å². The molecule has 1 saturated carbocycles. The average Bonchev–Trinajstić information content (AvgIpc) is 1.93. The smallest absolute Gasteiger partial charge is 0.0431 e. The molecule has 0 spiro atoms. The summed E-state index contributed by atoms with van der Waals surface area (Å²) in [4.78, 5) is 0. The molecule has 0 heterocycles. The molecular formula is C10H20ClP. The maximum Gasteiger partial charge on any atom is 0.0431 e. The van der Waals surface area contributed by atoms with Crippen molar-refractivity contribution in [3.8, 4) is 0 Å². The van der Waals surface area contributed by atoms with Crippen LogP contribution in [0.1, 0.15) is 46.5 Å². The van der Waals surface area contributed by atoms with Gasteiger partial charge in [0.15, 0.2) is 0 Å². The van der Waals surface area contributed by atoms with Gasteiger partial charge < -0.3 is 0 Å². The summed E-state index contributed by atoms with van der Waals surface area (Å²) in [5.41, 5.74) is 0.310. The van der Waals surface area contributed by atoms with Gasteiger partial charge in [-0.3, -0.25) is 0 Å². The van der Waals surface area contributed by atoms with E-state index in [1.807, 2.05) is 0 Å². The predicted molar refractivity (Wildman–Crippen MR) is 60.0 cm³/mol. The molecule has 0 aromatic carbocycles. The quantitative estimate of drug-likeness (QED) is 0.418. The molecule has 0 aliphatic heterocycles. The van der Waals surface area contributed by atoms with E-state index in [1.165, 1.54) is 25.7 Å². The first-order valence-corrected chi connectivity index (χ1v) is 5.82. The maximum atomic E-state index is 6.39. The van der Waals surface area contributed by atoms with Gasteiger partial charge in [-0.25, -0.2) is 0 Å².